The highest BCUT2D eigenvalue weighted by molar-refractivity contribution is 5.89. The molecule has 5 heteroatoms. The van der Waals surface area contributed by atoms with E-state index in [-0.39, 0.29) is 12.1 Å². The molecule has 5 nitrogen and oxygen atoms in total. The van der Waals surface area contributed by atoms with E-state index in [0.717, 1.165) is 11.3 Å². The van der Waals surface area contributed by atoms with Crippen LogP contribution < -0.4 is 16.4 Å². The summed E-state index contributed by atoms with van der Waals surface area (Å²) in [6.07, 6.45) is 0. The van der Waals surface area contributed by atoms with Gasteiger partial charge in [-0.2, -0.15) is 0 Å². The van der Waals surface area contributed by atoms with Crippen molar-refractivity contribution in [3.8, 4) is 0 Å². The summed E-state index contributed by atoms with van der Waals surface area (Å²) in [7, 11) is 1.61. The predicted molar refractivity (Wildman–Crippen MR) is 77.2 cm³/mol. The summed E-state index contributed by atoms with van der Waals surface area (Å²) in [6, 6.07) is 7.21. The zero-order chi connectivity index (χ0) is 14.5. The number of ether oxygens (including phenoxy) is 1. The van der Waals surface area contributed by atoms with Crippen molar-refractivity contribution in [1.29, 1.82) is 0 Å². The van der Waals surface area contributed by atoms with Crippen molar-refractivity contribution in [2.45, 2.75) is 32.4 Å². The first-order chi connectivity index (χ1) is 8.84. The second kappa shape index (κ2) is 6.54. The first kappa shape index (κ1) is 15.5. The maximum absolute atomic E-state index is 11.8. The van der Waals surface area contributed by atoms with E-state index < -0.39 is 5.54 Å². The zero-order valence-electron chi connectivity index (χ0n) is 12.0. The van der Waals surface area contributed by atoms with Gasteiger partial charge in [-0.05, 0) is 38.5 Å². The minimum atomic E-state index is -0.412. The molecule has 1 unspecified atom stereocenters. The lowest BCUT2D eigenvalue weighted by Gasteiger charge is -2.25. The van der Waals surface area contributed by atoms with Crippen LogP contribution in [0.3, 0.4) is 0 Å². The maximum atomic E-state index is 11.8. The molecule has 4 N–H and O–H groups in total. The molecule has 19 heavy (non-hydrogen) atoms. The average molecular weight is 265 g/mol. The summed E-state index contributed by atoms with van der Waals surface area (Å²) in [4.78, 5) is 11.8. The van der Waals surface area contributed by atoms with Gasteiger partial charge in [0.15, 0.2) is 0 Å². The van der Waals surface area contributed by atoms with Crippen molar-refractivity contribution in [2.75, 3.05) is 19.0 Å². The van der Waals surface area contributed by atoms with Gasteiger partial charge >= 0.3 is 6.03 Å². The summed E-state index contributed by atoms with van der Waals surface area (Å²) < 4.78 is 5.04. The standard InChI is InChI=1S/C14H23N3O2/c1-10(15)11-5-7-12(8-6-11)16-13(18)17-14(2,3)9-19-4/h5-8,10H,9,15H2,1-4H3,(H2,16,17,18). The molecule has 0 aliphatic heterocycles. The van der Waals surface area contributed by atoms with E-state index in [1.807, 2.05) is 45.0 Å². The minimum absolute atomic E-state index is 0.0106. The smallest absolute Gasteiger partial charge is 0.319 e. The first-order valence-electron chi connectivity index (χ1n) is 6.28. The summed E-state index contributed by atoms with van der Waals surface area (Å²) in [5.41, 5.74) is 7.12. The van der Waals surface area contributed by atoms with Gasteiger partial charge in [-0.3, -0.25) is 0 Å². The third-order valence-electron chi connectivity index (χ3n) is 2.65. The van der Waals surface area contributed by atoms with Gasteiger partial charge in [-0.1, -0.05) is 12.1 Å². The molecule has 0 aliphatic carbocycles. The summed E-state index contributed by atoms with van der Waals surface area (Å²) in [5.74, 6) is 0. The molecule has 2 amide bonds. The summed E-state index contributed by atoms with van der Waals surface area (Å²) in [5, 5.41) is 5.62. The van der Waals surface area contributed by atoms with Crippen LogP contribution >= 0.6 is 0 Å². The molecule has 0 spiro atoms. The molecule has 106 valence electrons. The molecule has 1 atom stereocenters. The van der Waals surface area contributed by atoms with E-state index in [0.29, 0.717) is 6.61 Å². The van der Waals surface area contributed by atoms with Crippen molar-refractivity contribution in [3.05, 3.63) is 29.8 Å². The van der Waals surface area contributed by atoms with E-state index in [4.69, 9.17) is 10.5 Å². The fourth-order valence-electron chi connectivity index (χ4n) is 1.74. The lowest BCUT2D eigenvalue weighted by atomic mass is 10.1. The van der Waals surface area contributed by atoms with Crippen molar-refractivity contribution in [2.24, 2.45) is 5.73 Å². The third-order valence-corrected chi connectivity index (χ3v) is 2.65. The third kappa shape index (κ3) is 5.28. The second-order valence-electron chi connectivity index (χ2n) is 5.31. The fourth-order valence-corrected chi connectivity index (χ4v) is 1.74. The van der Waals surface area contributed by atoms with Crippen molar-refractivity contribution < 1.29 is 9.53 Å². The number of methoxy groups -OCH3 is 1. The molecular formula is C14H23N3O2. The number of anilines is 1. The Morgan fingerprint density at radius 2 is 1.95 bits per heavy atom. The number of carbonyl (C=O) groups excluding carboxylic acids is 1. The fraction of sp³-hybridized carbons (Fsp3) is 0.500. The van der Waals surface area contributed by atoms with Gasteiger partial charge in [0.05, 0.1) is 12.1 Å². The monoisotopic (exact) mass is 265 g/mol. The molecule has 0 saturated heterocycles. The van der Waals surface area contributed by atoms with E-state index in [1.165, 1.54) is 0 Å². The number of hydrogen-bond acceptors (Lipinski definition) is 3. The van der Waals surface area contributed by atoms with Crippen LogP contribution in [0.5, 0.6) is 0 Å². The topological polar surface area (TPSA) is 76.4 Å². The zero-order valence-corrected chi connectivity index (χ0v) is 12.0. The van der Waals surface area contributed by atoms with Gasteiger partial charge in [-0.25, -0.2) is 4.79 Å². The van der Waals surface area contributed by atoms with Crippen LogP contribution in [0.4, 0.5) is 10.5 Å². The first-order valence-corrected chi connectivity index (χ1v) is 6.28. The predicted octanol–water partition coefficient (Wildman–Crippen LogP) is 2.25. The van der Waals surface area contributed by atoms with Gasteiger partial charge in [0.2, 0.25) is 0 Å². The van der Waals surface area contributed by atoms with Crippen LogP contribution in [0, 0.1) is 0 Å². The Kier molecular flexibility index (Phi) is 5.32. The lowest BCUT2D eigenvalue weighted by Crippen LogP contribution is -2.48. The van der Waals surface area contributed by atoms with Gasteiger partial charge < -0.3 is 21.1 Å². The van der Waals surface area contributed by atoms with Crippen molar-refractivity contribution in [1.82, 2.24) is 5.32 Å². The van der Waals surface area contributed by atoms with Gasteiger partial charge in [0.25, 0.3) is 0 Å². The van der Waals surface area contributed by atoms with Gasteiger partial charge in [-0.15, -0.1) is 0 Å². The number of amides is 2. The molecular weight excluding hydrogens is 242 g/mol. The van der Waals surface area contributed by atoms with E-state index in [1.54, 1.807) is 7.11 Å². The molecule has 0 radical (unpaired) electrons. The SMILES string of the molecule is COCC(C)(C)NC(=O)Nc1ccc(C(C)N)cc1. The number of urea groups is 1. The molecule has 0 fully saturated rings. The molecule has 0 heterocycles. The second-order valence-corrected chi connectivity index (χ2v) is 5.31. The Labute approximate surface area is 114 Å². The van der Waals surface area contributed by atoms with Crippen molar-refractivity contribution >= 4 is 11.7 Å². The molecule has 0 bridgehead atoms. The highest BCUT2D eigenvalue weighted by Crippen LogP contribution is 2.14. The van der Waals surface area contributed by atoms with E-state index >= 15 is 0 Å². The van der Waals surface area contributed by atoms with Crippen LogP contribution in [0.25, 0.3) is 0 Å². The Bertz CT molecular complexity index is 413. The Balaban J connectivity index is 2.57. The van der Waals surface area contributed by atoms with Gasteiger partial charge in [0.1, 0.15) is 0 Å². The molecule has 0 aliphatic rings. The van der Waals surface area contributed by atoms with Crippen LogP contribution in [-0.4, -0.2) is 25.3 Å². The van der Waals surface area contributed by atoms with Crippen LogP contribution in [-0.2, 0) is 4.74 Å². The normalized spacial score (nSPS) is 12.9. The van der Waals surface area contributed by atoms with Gasteiger partial charge in [0, 0.05) is 18.8 Å². The number of nitrogens with one attached hydrogen (secondary N) is 2. The molecule has 1 rings (SSSR count). The Morgan fingerprint density at radius 1 is 1.37 bits per heavy atom. The Morgan fingerprint density at radius 3 is 2.42 bits per heavy atom. The number of hydrogen-bond donors (Lipinski definition) is 3. The largest absolute Gasteiger partial charge is 0.382 e. The quantitative estimate of drug-likeness (QED) is 0.764. The van der Waals surface area contributed by atoms with Crippen molar-refractivity contribution in [3.63, 3.8) is 0 Å². The highest BCUT2D eigenvalue weighted by Gasteiger charge is 2.20. The number of rotatable bonds is 5. The lowest BCUT2D eigenvalue weighted by molar-refractivity contribution is 0.133. The van der Waals surface area contributed by atoms with E-state index in [9.17, 15) is 4.79 Å². The minimum Gasteiger partial charge on any atom is -0.382 e. The molecule has 0 aromatic heterocycles. The number of carbonyl (C=O) groups is 1. The molecule has 0 saturated carbocycles. The molecule has 1 aromatic carbocycles. The number of benzene rings is 1. The van der Waals surface area contributed by atoms with Crippen LogP contribution in [0.15, 0.2) is 24.3 Å². The number of nitrogens with two attached hydrogens (primary N) is 1. The van der Waals surface area contributed by atoms with E-state index in [2.05, 4.69) is 10.6 Å². The van der Waals surface area contributed by atoms with Crippen LogP contribution in [0.2, 0.25) is 0 Å². The van der Waals surface area contributed by atoms with Crippen LogP contribution in [0.1, 0.15) is 32.4 Å². The Hall–Kier alpha value is -1.59. The molecule has 1 aromatic rings. The average Bonchev–Trinajstić information content (AvgIpc) is 2.28. The summed E-state index contributed by atoms with van der Waals surface area (Å²) in [6.45, 7) is 6.16. The maximum Gasteiger partial charge on any atom is 0.319 e. The highest BCUT2D eigenvalue weighted by atomic mass is 16.5. The summed E-state index contributed by atoms with van der Waals surface area (Å²) >= 11 is 0.